The van der Waals surface area contributed by atoms with Crippen LogP contribution in [0.3, 0.4) is 0 Å². The molecule has 1 aromatic rings. The highest BCUT2D eigenvalue weighted by Gasteiger charge is 2.40. The van der Waals surface area contributed by atoms with Crippen molar-refractivity contribution in [3.63, 3.8) is 0 Å². The van der Waals surface area contributed by atoms with Crippen LogP contribution in [0.2, 0.25) is 0 Å². The van der Waals surface area contributed by atoms with Gasteiger partial charge in [0, 0.05) is 19.5 Å². The van der Waals surface area contributed by atoms with Gasteiger partial charge in [0.25, 0.3) is 0 Å². The van der Waals surface area contributed by atoms with E-state index in [4.69, 9.17) is 4.98 Å². The van der Waals surface area contributed by atoms with Gasteiger partial charge >= 0.3 is 0 Å². The van der Waals surface area contributed by atoms with Gasteiger partial charge < -0.3 is 9.88 Å². The zero-order chi connectivity index (χ0) is 13.3. The molecule has 0 amide bonds. The van der Waals surface area contributed by atoms with Gasteiger partial charge in [-0.25, -0.2) is 4.98 Å². The quantitative estimate of drug-likeness (QED) is 0.905. The highest BCUT2D eigenvalue weighted by atomic mass is 15.1. The summed E-state index contributed by atoms with van der Waals surface area (Å²) >= 11 is 0. The van der Waals surface area contributed by atoms with Crippen LogP contribution >= 0.6 is 0 Å². The predicted octanol–water partition coefficient (Wildman–Crippen LogP) is 3.23. The van der Waals surface area contributed by atoms with Crippen molar-refractivity contribution < 1.29 is 0 Å². The van der Waals surface area contributed by atoms with Crippen molar-refractivity contribution >= 4 is 0 Å². The summed E-state index contributed by atoms with van der Waals surface area (Å²) in [5.74, 6) is 0.761. The summed E-state index contributed by atoms with van der Waals surface area (Å²) in [7, 11) is 0. The fourth-order valence-electron chi connectivity index (χ4n) is 3.80. The first-order chi connectivity index (χ1) is 9.21. The molecular weight excluding hydrogens is 234 g/mol. The zero-order valence-corrected chi connectivity index (χ0v) is 12.4. The summed E-state index contributed by atoms with van der Waals surface area (Å²) in [6.07, 6.45) is 11.2. The monoisotopic (exact) mass is 261 g/mol. The molecule has 1 saturated carbocycles. The van der Waals surface area contributed by atoms with Gasteiger partial charge in [0.1, 0.15) is 0 Å². The van der Waals surface area contributed by atoms with Crippen molar-refractivity contribution in [1.29, 1.82) is 0 Å². The normalized spacial score (nSPS) is 21.8. The van der Waals surface area contributed by atoms with Gasteiger partial charge in [-0.3, -0.25) is 0 Å². The molecule has 3 heteroatoms. The van der Waals surface area contributed by atoms with Gasteiger partial charge in [-0.05, 0) is 25.2 Å². The molecule has 19 heavy (non-hydrogen) atoms. The molecule has 0 saturated heterocycles. The van der Waals surface area contributed by atoms with Crippen LogP contribution in [-0.4, -0.2) is 16.1 Å². The molecule has 1 aromatic heterocycles. The molecule has 2 aliphatic rings. The largest absolute Gasteiger partial charge is 0.333 e. The number of hydrogen-bond donors (Lipinski definition) is 1. The Morgan fingerprint density at radius 2 is 2.11 bits per heavy atom. The number of nitrogens with one attached hydrogen (secondary N) is 1. The number of aryl methyl sites for hydroxylation is 1. The number of nitrogens with zero attached hydrogens (tertiary/aromatic N) is 2. The fraction of sp³-hybridized carbons (Fsp3) is 0.812. The molecular formula is C16H27N3. The molecule has 1 fully saturated rings. The average Bonchev–Trinajstić information content (AvgIpc) is 2.82. The third-order valence-corrected chi connectivity index (χ3v) is 4.85. The van der Waals surface area contributed by atoms with Crippen molar-refractivity contribution in [1.82, 2.24) is 14.9 Å². The Labute approximate surface area is 116 Å². The predicted molar refractivity (Wildman–Crippen MR) is 78.2 cm³/mol. The molecule has 1 spiro atoms. The van der Waals surface area contributed by atoms with Crippen molar-refractivity contribution in [2.24, 2.45) is 5.92 Å². The number of fused-ring (bicyclic) bond motifs is 2. The first-order valence-corrected chi connectivity index (χ1v) is 8.01. The van der Waals surface area contributed by atoms with Crippen LogP contribution in [0.5, 0.6) is 0 Å². The topological polar surface area (TPSA) is 29.9 Å². The maximum absolute atomic E-state index is 4.71. The van der Waals surface area contributed by atoms with Gasteiger partial charge in [0.05, 0.1) is 23.3 Å². The van der Waals surface area contributed by atoms with Gasteiger partial charge in [-0.2, -0.15) is 0 Å². The van der Waals surface area contributed by atoms with E-state index < -0.39 is 0 Å². The highest BCUT2D eigenvalue weighted by Crippen LogP contribution is 2.40. The molecule has 0 bridgehead atoms. The SMILES string of the molecule is CC(C)CCn1cnc2c1C1(CCCCC1)NCC2. The van der Waals surface area contributed by atoms with Crippen LogP contribution in [0, 0.1) is 5.92 Å². The first kappa shape index (κ1) is 13.2. The molecule has 0 radical (unpaired) electrons. The van der Waals surface area contributed by atoms with Crippen molar-refractivity contribution in [2.75, 3.05) is 6.54 Å². The number of imidazole rings is 1. The molecule has 1 aliphatic carbocycles. The minimum Gasteiger partial charge on any atom is -0.333 e. The van der Waals surface area contributed by atoms with E-state index >= 15 is 0 Å². The Morgan fingerprint density at radius 1 is 1.32 bits per heavy atom. The third kappa shape index (κ3) is 2.45. The van der Waals surface area contributed by atoms with E-state index in [9.17, 15) is 0 Å². The lowest BCUT2D eigenvalue weighted by Crippen LogP contribution is -2.49. The lowest BCUT2D eigenvalue weighted by atomic mass is 9.76. The van der Waals surface area contributed by atoms with Crippen molar-refractivity contribution in [3.8, 4) is 0 Å². The second-order valence-corrected chi connectivity index (χ2v) is 6.74. The fourth-order valence-corrected chi connectivity index (χ4v) is 3.80. The van der Waals surface area contributed by atoms with Crippen LogP contribution in [0.1, 0.15) is 63.8 Å². The summed E-state index contributed by atoms with van der Waals surface area (Å²) in [5, 5.41) is 3.84. The molecule has 1 N–H and O–H groups in total. The molecule has 0 atom stereocenters. The lowest BCUT2D eigenvalue weighted by Gasteiger charge is -2.42. The summed E-state index contributed by atoms with van der Waals surface area (Å²) in [4.78, 5) is 4.71. The number of rotatable bonds is 3. The van der Waals surface area contributed by atoms with E-state index in [0.717, 1.165) is 25.4 Å². The standard InChI is InChI=1S/C16H27N3/c1-13(2)7-11-19-12-17-14-6-10-18-16(15(14)19)8-4-3-5-9-16/h12-13,18H,3-11H2,1-2H3. The van der Waals surface area contributed by atoms with Crippen LogP contribution in [0.15, 0.2) is 6.33 Å². The molecule has 0 unspecified atom stereocenters. The van der Waals surface area contributed by atoms with E-state index in [1.54, 1.807) is 0 Å². The molecule has 0 aromatic carbocycles. The minimum absolute atomic E-state index is 0.249. The highest BCUT2D eigenvalue weighted by molar-refractivity contribution is 5.27. The Kier molecular flexibility index (Phi) is 3.66. The van der Waals surface area contributed by atoms with Crippen molar-refractivity contribution in [2.45, 2.75) is 70.9 Å². The minimum atomic E-state index is 0.249. The number of aromatic nitrogens is 2. The zero-order valence-electron chi connectivity index (χ0n) is 12.4. The van der Waals surface area contributed by atoms with Crippen molar-refractivity contribution in [3.05, 3.63) is 17.7 Å². The Hall–Kier alpha value is -0.830. The lowest BCUT2D eigenvalue weighted by molar-refractivity contribution is 0.208. The van der Waals surface area contributed by atoms with Gasteiger partial charge in [-0.15, -0.1) is 0 Å². The number of hydrogen-bond acceptors (Lipinski definition) is 2. The maximum atomic E-state index is 4.71. The van der Waals surface area contributed by atoms with Gasteiger partial charge in [0.15, 0.2) is 0 Å². The Bertz CT molecular complexity index is 427. The molecule has 106 valence electrons. The van der Waals surface area contributed by atoms with Crippen LogP contribution in [-0.2, 0) is 18.5 Å². The molecule has 3 nitrogen and oxygen atoms in total. The van der Waals surface area contributed by atoms with Gasteiger partial charge in [-0.1, -0.05) is 33.1 Å². The Balaban J connectivity index is 1.90. The van der Waals surface area contributed by atoms with E-state index in [1.165, 1.54) is 49.9 Å². The van der Waals surface area contributed by atoms with E-state index in [2.05, 4.69) is 30.1 Å². The second kappa shape index (κ2) is 5.28. The molecule has 2 heterocycles. The Morgan fingerprint density at radius 3 is 2.84 bits per heavy atom. The smallest absolute Gasteiger partial charge is 0.0952 e. The van der Waals surface area contributed by atoms with Crippen LogP contribution < -0.4 is 5.32 Å². The summed E-state index contributed by atoms with van der Waals surface area (Å²) in [5.41, 5.74) is 3.14. The first-order valence-electron chi connectivity index (χ1n) is 8.01. The summed E-state index contributed by atoms with van der Waals surface area (Å²) in [6, 6.07) is 0. The van der Waals surface area contributed by atoms with E-state index in [-0.39, 0.29) is 5.54 Å². The van der Waals surface area contributed by atoms with Crippen LogP contribution in [0.4, 0.5) is 0 Å². The van der Waals surface area contributed by atoms with E-state index in [1.807, 2.05) is 0 Å². The summed E-state index contributed by atoms with van der Waals surface area (Å²) < 4.78 is 2.45. The third-order valence-electron chi connectivity index (χ3n) is 4.85. The maximum Gasteiger partial charge on any atom is 0.0952 e. The molecule has 1 aliphatic heterocycles. The molecule has 3 rings (SSSR count). The average molecular weight is 261 g/mol. The second-order valence-electron chi connectivity index (χ2n) is 6.74. The summed E-state index contributed by atoms with van der Waals surface area (Å²) in [6.45, 7) is 6.84. The van der Waals surface area contributed by atoms with Crippen LogP contribution in [0.25, 0.3) is 0 Å². The van der Waals surface area contributed by atoms with E-state index in [0.29, 0.717) is 0 Å². The van der Waals surface area contributed by atoms with Gasteiger partial charge in [0.2, 0.25) is 0 Å².